The molecule has 168 valence electrons. The average molecular weight is 448 g/mol. The summed E-state index contributed by atoms with van der Waals surface area (Å²) in [5.41, 5.74) is 0.773. The summed E-state index contributed by atoms with van der Waals surface area (Å²) in [6.07, 6.45) is 7.30. The van der Waals surface area contributed by atoms with Crippen LogP contribution in [-0.2, 0) is 6.42 Å². The summed E-state index contributed by atoms with van der Waals surface area (Å²) in [5, 5.41) is 0. The van der Waals surface area contributed by atoms with E-state index < -0.39 is 23.4 Å². The Kier molecular flexibility index (Phi) is 7.61. The molecule has 0 N–H and O–H groups in total. The van der Waals surface area contributed by atoms with E-state index in [1.165, 1.54) is 25.2 Å². The van der Waals surface area contributed by atoms with Crippen LogP contribution in [0.25, 0.3) is 28.9 Å². The summed E-state index contributed by atoms with van der Waals surface area (Å²) in [5.74, 6) is -1.86. The average Bonchev–Trinajstić information content (AvgIpc) is 2.76. The van der Waals surface area contributed by atoms with Crippen molar-refractivity contribution in [3.63, 3.8) is 0 Å². The van der Waals surface area contributed by atoms with Gasteiger partial charge in [0.05, 0.1) is 5.56 Å². The molecule has 1 aromatic carbocycles. The Labute approximate surface area is 182 Å². The molecule has 0 radical (unpaired) electrons. The minimum atomic E-state index is -4.67. The molecule has 0 amide bonds. The molecule has 0 saturated heterocycles. The van der Waals surface area contributed by atoms with Crippen molar-refractivity contribution in [1.29, 1.82) is 0 Å². The molecule has 0 aliphatic rings. The Morgan fingerprint density at radius 2 is 1.34 bits per heavy atom. The smallest absolute Gasteiger partial charge is 0.236 e. The molecule has 0 bridgehead atoms. The van der Waals surface area contributed by atoms with Gasteiger partial charge in [-0.25, -0.2) is 28.7 Å². The minimum absolute atomic E-state index is 0.000876. The number of aryl methyl sites for hydroxylation is 1. The predicted molar refractivity (Wildman–Crippen MR) is 111 cm³/mol. The van der Waals surface area contributed by atoms with Crippen LogP contribution in [0.2, 0.25) is 0 Å². The maximum atomic E-state index is 14.2. The van der Waals surface area contributed by atoms with Crippen molar-refractivity contribution in [2.75, 3.05) is 0 Å². The van der Waals surface area contributed by atoms with Crippen molar-refractivity contribution in [3.8, 4) is 22.8 Å². The highest BCUT2D eigenvalue weighted by Crippen LogP contribution is 2.26. The van der Waals surface area contributed by atoms with Gasteiger partial charge in [0.1, 0.15) is 11.6 Å². The fraction of sp³-hybridized carbons (Fsp3) is 0.304. The van der Waals surface area contributed by atoms with Crippen LogP contribution in [0.5, 0.6) is 0 Å². The molecular weight excluding hydrogens is 427 g/mol. The Morgan fingerprint density at radius 3 is 1.91 bits per heavy atom. The number of hydrogen-bond acceptors (Lipinski definition) is 4. The molecule has 32 heavy (non-hydrogen) atoms. The molecule has 0 aliphatic carbocycles. The van der Waals surface area contributed by atoms with Crippen LogP contribution in [-0.4, -0.2) is 26.1 Å². The molecule has 9 heteroatoms. The fourth-order valence-corrected chi connectivity index (χ4v) is 3.03. The first-order valence-corrected chi connectivity index (χ1v) is 10.2. The van der Waals surface area contributed by atoms with Gasteiger partial charge in [0.25, 0.3) is 0 Å². The number of benzene rings is 1. The monoisotopic (exact) mass is 448 g/mol. The Bertz CT molecular complexity index is 1040. The number of rotatable bonds is 8. The van der Waals surface area contributed by atoms with Crippen molar-refractivity contribution in [3.05, 3.63) is 65.8 Å². The second-order valence-electron chi connectivity index (χ2n) is 7.25. The molecule has 2 aromatic heterocycles. The number of hydrogen-bond donors (Lipinski definition) is 0. The van der Waals surface area contributed by atoms with Crippen LogP contribution < -0.4 is 0 Å². The van der Waals surface area contributed by atoms with Gasteiger partial charge in [0.15, 0.2) is 11.6 Å². The summed E-state index contributed by atoms with van der Waals surface area (Å²) < 4.78 is 65.1. The van der Waals surface area contributed by atoms with E-state index in [0.29, 0.717) is 17.5 Å². The number of unbranched alkanes of at least 4 members (excludes halogenated alkanes) is 3. The molecule has 0 aliphatic heterocycles. The van der Waals surface area contributed by atoms with E-state index in [2.05, 4.69) is 26.9 Å². The van der Waals surface area contributed by atoms with Crippen molar-refractivity contribution >= 4 is 6.08 Å². The predicted octanol–water partition coefficient (Wildman–Crippen LogP) is 6.58. The van der Waals surface area contributed by atoms with Crippen LogP contribution in [0.15, 0.2) is 43.0 Å². The summed E-state index contributed by atoms with van der Waals surface area (Å²) in [7, 11) is 0. The first kappa shape index (κ1) is 23.4. The highest BCUT2D eigenvalue weighted by Gasteiger charge is 2.23. The summed E-state index contributed by atoms with van der Waals surface area (Å²) >= 11 is 0. The van der Waals surface area contributed by atoms with Gasteiger partial charge in [0.2, 0.25) is 0 Å². The van der Waals surface area contributed by atoms with Crippen LogP contribution >= 0.6 is 0 Å². The number of allylic oxidation sites excluding steroid dienone is 1. The van der Waals surface area contributed by atoms with Gasteiger partial charge in [-0.2, -0.15) is 13.2 Å². The van der Waals surface area contributed by atoms with Crippen LogP contribution in [0.3, 0.4) is 0 Å². The van der Waals surface area contributed by atoms with Gasteiger partial charge < -0.3 is 0 Å². The zero-order valence-electron chi connectivity index (χ0n) is 17.3. The van der Waals surface area contributed by atoms with Gasteiger partial charge in [-0.3, -0.25) is 0 Å². The largest absolute Gasteiger partial charge is 0.409 e. The molecule has 3 rings (SSSR count). The van der Waals surface area contributed by atoms with Crippen molar-refractivity contribution < 1.29 is 22.0 Å². The standard InChI is InChI=1S/C23H21F5N4/c1-2-3-4-5-6-15-11-29-22(30-12-15)17-13-31-21(32-14-17)16-9-19(24)18(20(25)10-16)7-8-23(26,27)28/h7-14H,2-6H2,1H3/b8-7+. The first-order valence-electron chi connectivity index (χ1n) is 10.2. The van der Waals surface area contributed by atoms with Gasteiger partial charge in [-0.15, -0.1) is 0 Å². The number of alkyl halides is 3. The van der Waals surface area contributed by atoms with E-state index in [9.17, 15) is 22.0 Å². The lowest BCUT2D eigenvalue weighted by Gasteiger charge is -2.06. The number of halogens is 5. The third-order valence-electron chi connectivity index (χ3n) is 4.71. The summed E-state index contributed by atoms with van der Waals surface area (Å²) in [6.45, 7) is 2.16. The lowest BCUT2D eigenvalue weighted by molar-refractivity contribution is -0.0790. The maximum Gasteiger partial charge on any atom is 0.409 e. The second kappa shape index (κ2) is 10.4. The van der Waals surface area contributed by atoms with Crippen LogP contribution in [0, 0.1) is 11.6 Å². The molecule has 0 spiro atoms. The normalized spacial score (nSPS) is 11.9. The Balaban J connectivity index is 1.73. The Hall–Kier alpha value is -3.23. The van der Waals surface area contributed by atoms with Crippen molar-refractivity contribution in [2.45, 2.75) is 45.2 Å². The highest BCUT2D eigenvalue weighted by molar-refractivity contribution is 5.62. The van der Waals surface area contributed by atoms with Gasteiger partial charge in [0, 0.05) is 42.0 Å². The van der Waals surface area contributed by atoms with E-state index in [1.807, 2.05) is 0 Å². The summed E-state index contributed by atoms with van der Waals surface area (Å²) in [6, 6.07) is 1.77. The zero-order chi connectivity index (χ0) is 23.1. The van der Waals surface area contributed by atoms with E-state index in [0.717, 1.165) is 37.0 Å². The molecule has 0 atom stereocenters. The fourth-order valence-electron chi connectivity index (χ4n) is 3.03. The van der Waals surface area contributed by atoms with Gasteiger partial charge in [-0.1, -0.05) is 26.2 Å². The molecule has 0 saturated carbocycles. The zero-order valence-corrected chi connectivity index (χ0v) is 17.3. The number of aromatic nitrogens is 4. The molecule has 0 unspecified atom stereocenters. The summed E-state index contributed by atoms with van der Waals surface area (Å²) in [4.78, 5) is 16.8. The third-order valence-corrected chi connectivity index (χ3v) is 4.71. The van der Waals surface area contributed by atoms with Crippen LogP contribution in [0.4, 0.5) is 22.0 Å². The minimum Gasteiger partial charge on any atom is -0.236 e. The quantitative estimate of drug-likeness (QED) is 0.289. The van der Waals surface area contributed by atoms with Gasteiger partial charge in [-0.05, 0) is 36.6 Å². The third kappa shape index (κ3) is 6.38. The molecule has 4 nitrogen and oxygen atoms in total. The van der Waals surface area contributed by atoms with Gasteiger partial charge >= 0.3 is 6.18 Å². The topological polar surface area (TPSA) is 51.6 Å². The highest BCUT2D eigenvalue weighted by atomic mass is 19.4. The van der Waals surface area contributed by atoms with Crippen molar-refractivity contribution in [2.24, 2.45) is 0 Å². The molecule has 0 fully saturated rings. The number of nitrogens with zero attached hydrogens (tertiary/aromatic N) is 4. The van der Waals surface area contributed by atoms with E-state index in [4.69, 9.17) is 0 Å². The Morgan fingerprint density at radius 1 is 0.781 bits per heavy atom. The van der Waals surface area contributed by atoms with E-state index in [1.54, 1.807) is 12.4 Å². The molecule has 3 aromatic rings. The first-order chi connectivity index (χ1) is 15.3. The maximum absolute atomic E-state index is 14.2. The molecule has 2 heterocycles. The SMILES string of the molecule is CCCCCCc1cnc(-c2cnc(-c3cc(F)c(/C=C/C(F)(F)F)c(F)c3)nc2)nc1. The second-order valence-corrected chi connectivity index (χ2v) is 7.25. The van der Waals surface area contributed by atoms with E-state index >= 15 is 0 Å². The van der Waals surface area contributed by atoms with Crippen molar-refractivity contribution in [1.82, 2.24) is 19.9 Å². The molecular formula is C23H21F5N4. The van der Waals surface area contributed by atoms with E-state index in [-0.39, 0.29) is 17.5 Å². The van der Waals surface area contributed by atoms with Crippen LogP contribution in [0.1, 0.15) is 43.7 Å². The lowest BCUT2D eigenvalue weighted by atomic mass is 10.1. The lowest BCUT2D eigenvalue weighted by Crippen LogP contribution is -2.01.